The number of rotatable bonds is 8. The fourth-order valence-electron chi connectivity index (χ4n) is 3.95. The fourth-order valence-corrected chi connectivity index (χ4v) is 5.82. The minimum absolute atomic E-state index is 0.0141. The van der Waals surface area contributed by atoms with Gasteiger partial charge in [-0.15, -0.1) is 0 Å². The van der Waals surface area contributed by atoms with Gasteiger partial charge in [-0.1, -0.05) is 30.9 Å². The molecular formula is C23H26ClF3N2O4S. The predicted octanol–water partition coefficient (Wildman–Crippen LogP) is 5.72. The summed E-state index contributed by atoms with van der Waals surface area (Å²) in [5.74, 6) is -0.220. The molecule has 0 bridgehead atoms. The van der Waals surface area contributed by atoms with E-state index in [9.17, 15) is 26.4 Å². The van der Waals surface area contributed by atoms with E-state index in [1.165, 1.54) is 18.2 Å². The van der Waals surface area contributed by atoms with Gasteiger partial charge >= 0.3 is 6.18 Å². The number of anilines is 1. The van der Waals surface area contributed by atoms with Crippen molar-refractivity contribution in [3.05, 3.63) is 53.1 Å². The van der Waals surface area contributed by atoms with Gasteiger partial charge in [-0.2, -0.15) is 17.5 Å². The number of alkyl halides is 3. The van der Waals surface area contributed by atoms with Crippen molar-refractivity contribution in [1.29, 1.82) is 0 Å². The van der Waals surface area contributed by atoms with Crippen LogP contribution in [0.3, 0.4) is 0 Å². The van der Waals surface area contributed by atoms with Gasteiger partial charge < -0.3 is 10.1 Å². The molecule has 0 heterocycles. The number of halogens is 4. The zero-order valence-corrected chi connectivity index (χ0v) is 20.1. The summed E-state index contributed by atoms with van der Waals surface area (Å²) in [6, 6.07) is 8.55. The lowest BCUT2D eigenvalue weighted by atomic mass is 9.95. The highest BCUT2D eigenvalue weighted by Crippen LogP contribution is 2.36. The molecule has 1 fully saturated rings. The van der Waals surface area contributed by atoms with Crippen LogP contribution in [0, 0.1) is 0 Å². The second-order valence-corrected chi connectivity index (χ2v) is 10.3. The van der Waals surface area contributed by atoms with Gasteiger partial charge in [-0.3, -0.25) is 4.79 Å². The Morgan fingerprint density at radius 2 is 1.76 bits per heavy atom. The number of carbonyl (C=O) groups is 1. The first kappa shape index (κ1) is 26.3. The zero-order chi connectivity index (χ0) is 24.9. The largest absolute Gasteiger partial charge is 0.494 e. The molecule has 0 spiro atoms. The van der Waals surface area contributed by atoms with E-state index < -0.39 is 39.2 Å². The van der Waals surface area contributed by atoms with Crippen LogP contribution in [-0.2, 0) is 21.0 Å². The van der Waals surface area contributed by atoms with Crippen LogP contribution < -0.4 is 10.1 Å². The molecule has 0 unspecified atom stereocenters. The van der Waals surface area contributed by atoms with E-state index in [1.54, 1.807) is 12.1 Å². The van der Waals surface area contributed by atoms with Crippen LogP contribution in [0.15, 0.2) is 47.4 Å². The number of sulfonamides is 1. The number of hydrogen-bond donors (Lipinski definition) is 1. The summed E-state index contributed by atoms with van der Waals surface area (Å²) in [7, 11) is -4.04. The molecule has 2 aromatic rings. The molecule has 1 amide bonds. The Balaban J connectivity index is 1.84. The smallest absolute Gasteiger partial charge is 0.417 e. The lowest BCUT2D eigenvalue weighted by molar-refractivity contribution is -0.137. The number of nitrogens with one attached hydrogen (secondary N) is 1. The van der Waals surface area contributed by atoms with Gasteiger partial charge in [-0.05, 0) is 62.2 Å². The summed E-state index contributed by atoms with van der Waals surface area (Å²) in [6.07, 6.45) is -0.861. The molecule has 1 N–H and O–H groups in total. The van der Waals surface area contributed by atoms with Gasteiger partial charge in [0.05, 0.1) is 28.6 Å². The minimum atomic E-state index is -4.69. The second-order valence-electron chi connectivity index (χ2n) is 7.99. The third-order valence-electron chi connectivity index (χ3n) is 5.58. The summed E-state index contributed by atoms with van der Waals surface area (Å²) in [6.45, 7) is 1.72. The van der Waals surface area contributed by atoms with E-state index in [1.807, 2.05) is 6.92 Å². The second kappa shape index (κ2) is 11.0. The Labute approximate surface area is 202 Å². The molecule has 6 nitrogen and oxygen atoms in total. The van der Waals surface area contributed by atoms with Crippen molar-refractivity contribution < 1.29 is 31.1 Å². The Bertz CT molecular complexity index is 1100. The lowest BCUT2D eigenvalue weighted by Gasteiger charge is -2.33. The summed E-state index contributed by atoms with van der Waals surface area (Å²) < 4.78 is 72.9. The van der Waals surface area contributed by atoms with Gasteiger partial charge in [0.2, 0.25) is 15.9 Å². The van der Waals surface area contributed by atoms with E-state index in [2.05, 4.69) is 5.32 Å². The Morgan fingerprint density at radius 3 is 2.35 bits per heavy atom. The maximum Gasteiger partial charge on any atom is 0.417 e. The van der Waals surface area contributed by atoms with Crippen molar-refractivity contribution in [2.45, 2.75) is 56.1 Å². The quantitative estimate of drug-likeness (QED) is 0.485. The number of benzene rings is 2. The topological polar surface area (TPSA) is 75.7 Å². The van der Waals surface area contributed by atoms with Crippen LogP contribution in [0.1, 0.15) is 44.6 Å². The molecule has 186 valence electrons. The average molecular weight is 519 g/mol. The molecule has 0 aliphatic heterocycles. The molecule has 0 atom stereocenters. The highest BCUT2D eigenvalue weighted by atomic mass is 35.5. The zero-order valence-electron chi connectivity index (χ0n) is 18.6. The van der Waals surface area contributed by atoms with Crippen LogP contribution in [0.25, 0.3) is 0 Å². The number of ether oxygens (including phenoxy) is 1. The molecule has 34 heavy (non-hydrogen) atoms. The number of nitrogens with zero attached hydrogens (tertiary/aromatic N) is 1. The molecular weight excluding hydrogens is 493 g/mol. The van der Waals surface area contributed by atoms with Gasteiger partial charge in [0, 0.05) is 11.7 Å². The average Bonchev–Trinajstić information content (AvgIpc) is 2.79. The van der Waals surface area contributed by atoms with Crippen LogP contribution in [0.4, 0.5) is 18.9 Å². The molecule has 11 heteroatoms. The van der Waals surface area contributed by atoms with Crippen LogP contribution in [0.5, 0.6) is 5.75 Å². The Kier molecular flexibility index (Phi) is 8.48. The normalized spacial score (nSPS) is 15.4. The standard InChI is InChI=1S/C23H26ClF3N2O4S/c1-2-33-18-9-11-19(12-10-18)34(31,32)29(17-6-4-3-5-7-17)15-22(30)28-16-8-13-21(24)20(14-16)23(25,26)27/h8-14,17H,2-7,15H2,1H3,(H,28,30). The third kappa shape index (κ3) is 6.43. The van der Waals surface area contributed by atoms with Gasteiger partial charge in [0.15, 0.2) is 0 Å². The molecule has 1 aliphatic rings. The van der Waals surface area contributed by atoms with Crippen molar-refractivity contribution in [1.82, 2.24) is 4.31 Å². The molecule has 2 aromatic carbocycles. The van der Waals surface area contributed by atoms with E-state index >= 15 is 0 Å². The monoisotopic (exact) mass is 518 g/mol. The highest BCUT2D eigenvalue weighted by Gasteiger charge is 2.35. The molecule has 0 radical (unpaired) electrons. The van der Waals surface area contributed by atoms with E-state index in [0.29, 0.717) is 25.2 Å². The van der Waals surface area contributed by atoms with Crippen LogP contribution >= 0.6 is 11.6 Å². The van der Waals surface area contributed by atoms with Gasteiger partial charge in [0.25, 0.3) is 0 Å². The van der Waals surface area contributed by atoms with Gasteiger partial charge in [-0.25, -0.2) is 8.42 Å². The summed E-state index contributed by atoms with van der Waals surface area (Å²) in [4.78, 5) is 12.8. The maximum atomic E-state index is 13.5. The molecule has 3 rings (SSSR count). The first-order chi connectivity index (χ1) is 16.0. The summed E-state index contributed by atoms with van der Waals surface area (Å²) >= 11 is 5.63. The highest BCUT2D eigenvalue weighted by molar-refractivity contribution is 7.89. The number of hydrogen-bond acceptors (Lipinski definition) is 4. The van der Waals surface area contributed by atoms with E-state index in [0.717, 1.165) is 35.7 Å². The summed E-state index contributed by atoms with van der Waals surface area (Å²) in [5.41, 5.74) is -1.21. The van der Waals surface area contributed by atoms with Gasteiger partial charge in [0.1, 0.15) is 5.75 Å². The van der Waals surface area contributed by atoms with Crippen LogP contribution in [-0.4, -0.2) is 37.8 Å². The van der Waals surface area contributed by atoms with Crippen molar-refractivity contribution in [2.24, 2.45) is 0 Å². The minimum Gasteiger partial charge on any atom is -0.494 e. The number of amides is 1. The predicted molar refractivity (Wildman–Crippen MR) is 123 cm³/mol. The van der Waals surface area contributed by atoms with Crippen molar-refractivity contribution >= 4 is 33.2 Å². The first-order valence-corrected chi connectivity index (χ1v) is 12.8. The molecule has 1 aliphatic carbocycles. The summed E-state index contributed by atoms with van der Waals surface area (Å²) in [5, 5.41) is 1.88. The Morgan fingerprint density at radius 1 is 1.12 bits per heavy atom. The van der Waals surface area contributed by atoms with E-state index in [4.69, 9.17) is 16.3 Å². The molecule has 1 saturated carbocycles. The van der Waals surface area contributed by atoms with Crippen LogP contribution in [0.2, 0.25) is 5.02 Å². The van der Waals surface area contributed by atoms with Crippen molar-refractivity contribution in [2.75, 3.05) is 18.5 Å². The van der Waals surface area contributed by atoms with Crippen molar-refractivity contribution in [3.63, 3.8) is 0 Å². The Hall–Kier alpha value is -2.30. The number of carbonyl (C=O) groups excluding carboxylic acids is 1. The van der Waals surface area contributed by atoms with E-state index in [-0.39, 0.29) is 16.6 Å². The SMILES string of the molecule is CCOc1ccc(S(=O)(=O)N(CC(=O)Nc2ccc(Cl)c(C(F)(F)F)c2)C2CCCCC2)cc1. The molecule has 0 aromatic heterocycles. The first-order valence-electron chi connectivity index (χ1n) is 10.9. The maximum absolute atomic E-state index is 13.5. The third-order valence-corrected chi connectivity index (χ3v) is 7.82. The van der Waals surface area contributed by atoms with Crippen molar-refractivity contribution in [3.8, 4) is 5.75 Å². The molecule has 0 saturated heterocycles. The lowest BCUT2D eigenvalue weighted by Crippen LogP contribution is -2.45. The fraction of sp³-hybridized carbons (Fsp3) is 0.435.